The van der Waals surface area contributed by atoms with Crippen LogP contribution in [0.4, 0.5) is 0 Å². The molecule has 4 aromatic rings. The molecule has 37 heavy (non-hydrogen) atoms. The number of rotatable bonds is 5. The van der Waals surface area contributed by atoms with E-state index in [1.807, 2.05) is 53.2 Å². The minimum absolute atomic E-state index is 0.0647. The average Bonchev–Trinajstić information content (AvgIpc) is 3.38. The molecule has 188 valence electrons. The number of para-hydroxylation sites is 2. The third-order valence-electron chi connectivity index (χ3n) is 6.56. The lowest BCUT2D eigenvalue weighted by Crippen LogP contribution is -2.55. The Kier molecular flexibility index (Phi) is 6.10. The van der Waals surface area contributed by atoms with Crippen LogP contribution < -0.4 is 14.2 Å². The summed E-state index contributed by atoms with van der Waals surface area (Å²) in [5, 5.41) is 0. The molecule has 2 aromatic heterocycles. The molecular weight excluding hydrogens is 472 g/mol. The van der Waals surface area contributed by atoms with E-state index < -0.39 is 6.10 Å². The number of carbonyl (C=O) groups is 2. The highest BCUT2D eigenvalue weighted by Gasteiger charge is 2.33. The van der Waals surface area contributed by atoms with Crippen LogP contribution in [-0.4, -0.2) is 69.9 Å². The predicted molar refractivity (Wildman–Crippen MR) is 135 cm³/mol. The Morgan fingerprint density at radius 1 is 0.892 bits per heavy atom. The zero-order valence-electron chi connectivity index (χ0n) is 20.2. The zero-order valence-corrected chi connectivity index (χ0v) is 20.2. The van der Waals surface area contributed by atoms with Gasteiger partial charge >= 0.3 is 0 Å². The topological polar surface area (TPSA) is 85.6 Å². The maximum atomic E-state index is 13.0. The van der Waals surface area contributed by atoms with Gasteiger partial charge < -0.3 is 28.4 Å². The van der Waals surface area contributed by atoms with Gasteiger partial charge in [0.1, 0.15) is 24.6 Å². The van der Waals surface area contributed by atoms with E-state index in [4.69, 9.17) is 14.2 Å². The molecule has 1 unspecified atom stereocenters. The highest BCUT2D eigenvalue weighted by atomic mass is 16.6. The first-order valence-corrected chi connectivity index (χ1v) is 12.3. The molecule has 0 N–H and O–H groups in total. The molecule has 2 aromatic carbocycles. The molecule has 0 spiro atoms. The van der Waals surface area contributed by atoms with E-state index in [9.17, 15) is 9.59 Å². The van der Waals surface area contributed by atoms with Crippen molar-refractivity contribution in [1.82, 2.24) is 19.2 Å². The quantitative estimate of drug-likeness (QED) is 0.421. The molecule has 0 aliphatic carbocycles. The summed E-state index contributed by atoms with van der Waals surface area (Å²) in [5.74, 6) is 1.71. The van der Waals surface area contributed by atoms with Gasteiger partial charge in [-0.3, -0.25) is 9.59 Å². The first-order valence-electron chi connectivity index (χ1n) is 12.3. The summed E-state index contributed by atoms with van der Waals surface area (Å²) in [6.45, 7) is 2.34. The van der Waals surface area contributed by atoms with Crippen LogP contribution in [0.15, 0.2) is 79.1 Å². The van der Waals surface area contributed by atoms with Crippen molar-refractivity contribution in [3.63, 3.8) is 0 Å². The maximum Gasteiger partial charge on any atom is 0.267 e. The summed E-state index contributed by atoms with van der Waals surface area (Å²) in [6.07, 6.45) is 3.20. The molecule has 2 amide bonds. The smallest absolute Gasteiger partial charge is 0.267 e. The Bertz CT molecular complexity index is 1390. The summed E-state index contributed by atoms with van der Waals surface area (Å²) in [6, 6.07) is 20.3. The second kappa shape index (κ2) is 9.85. The highest BCUT2D eigenvalue weighted by Crippen LogP contribution is 2.31. The van der Waals surface area contributed by atoms with E-state index in [1.54, 1.807) is 40.1 Å². The number of carbonyl (C=O) groups excluding carboxylic acids is 2. The molecule has 2 aliphatic rings. The number of aromatic nitrogens is 2. The zero-order chi connectivity index (χ0) is 25.2. The first-order chi connectivity index (χ1) is 18.1. The molecule has 0 bridgehead atoms. The van der Waals surface area contributed by atoms with Crippen LogP contribution in [0.1, 0.15) is 16.1 Å². The fourth-order valence-electron chi connectivity index (χ4n) is 4.57. The predicted octanol–water partition coefficient (Wildman–Crippen LogP) is 3.04. The number of imidazole rings is 1. The normalized spacial score (nSPS) is 17.0. The summed E-state index contributed by atoms with van der Waals surface area (Å²) >= 11 is 0. The molecule has 9 nitrogen and oxygen atoms in total. The molecule has 0 saturated carbocycles. The monoisotopic (exact) mass is 498 g/mol. The standard InChI is InChI=1S/C28H26N4O5/c33-27(20-8-10-22(11-9-20)35-18-21-17-32-12-4-3-7-26(32)29-21)30-13-15-31(16-14-30)28(34)25-19-36-23-5-1-2-6-24(23)37-25/h1-12,17,25H,13-16,18-19H2. The summed E-state index contributed by atoms with van der Waals surface area (Å²) in [7, 11) is 0. The maximum absolute atomic E-state index is 13.0. The number of pyridine rings is 1. The minimum Gasteiger partial charge on any atom is -0.487 e. The van der Waals surface area contributed by atoms with Crippen molar-refractivity contribution in [3.8, 4) is 17.2 Å². The molecular formula is C28H26N4O5. The van der Waals surface area contributed by atoms with Crippen molar-refractivity contribution in [3.05, 3.63) is 90.4 Å². The lowest BCUT2D eigenvalue weighted by molar-refractivity contribution is -0.142. The summed E-state index contributed by atoms with van der Waals surface area (Å²) in [5.41, 5.74) is 2.28. The number of piperazine rings is 1. The third-order valence-corrected chi connectivity index (χ3v) is 6.56. The lowest BCUT2D eigenvalue weighted by Gasteiger charge is -2.37. The van der Waals surface area contributed by atoms with Crippen LogP contribution in [-0.2, 0) is 11.4 Å². The largest absolute Gasteiger partial charge is 0.487 e. The van der Waals surface area contributed by atoms with Crippen molar-refractivity contribution >= 4 is 17.5 Å². The van der Waals surface area contributed by atoms with Crippen molar-refractivity contribution in [2.75, 3.05) is 32.8 Å². The average molecular weight is 499 g/mol. The molecule has 2 aliphatic heterocycles. The van der Waals surface area contributed by atoms with Gasteiger partial charge in [0.2, 0.25) is 6.10 Å². The van der Waals surface area contributed by atoms with Crippen LogP contribution in [0.2, 0.25) is 0 Å². The van der Waals surface area contributed by atoms with Crippen molar-refractivity contribution in [2.24, 2.45) is 0 Å². The molecule has 9 heteroatoms. The lowest BCUT2D eigenvalue weighted by atomic mass is 10.1. The fourth-order valence-corrected chi connectivity index (χ4v) is 4.57. The minimum atomic E-state index is -0.676. The second-order valence-electron chi connectivity index (χ2n) is 8.99. The van der Waals surface area contributed by atoms with Gasteiger partial charge in [0.05, 0.1) is 5.69 Å². The van der Waals surface area contributed by atoms with E-state index in [1.165, 1.54) is 0 Å². The second-order valence-corrected chi connectivity index (χ2v) is 8.99. The van der Waals surface area contributed by atoms with E-state index in [0.29, 0.717) is 55.6 Å². The Morgan fingerprint density at radius 3 is 2.41 bits per heavy atom. The van der Waals surface area contributed by atoms with Crippen LogP contribution in [0, 0.1) is 0 Å². The van der Waals surface area contributed by atoms with Crippen LogP contribution in [0.3, 0.4) is 0 Å². The molecule has 4 heterocycles. The number of fused-ring (bicyclic) bond motifs is 2. The van der Waals surface area contributed by atoms with Gasteiger partial charge in [0, 0.05) is 44.1 Å². The van der Waals surface area contributed by atoms with Crippen LogP contribution in [0.25, 0.3) is 5.65 Å². The Labute approximate surface area is 213 Å². The van der Waals surface area contributed by atoms with Crippen LogP contribution in [0.5, 0.6) is 17.2 Å². The van der Waals surface area contributed by atoms with Gasteiger partial charge in [-0.05, 0) is 48.5 Å². The number of amides is 2. The van der Waals surface area contributed by atoms with Gasteiger partial charge in [-0.25, -0.2) is 4.98 Å². The molecule has 6 rings (SSSR count). The van der Waals surface area contributed by atoms with E-state index >= 15 is 0 Å². The third kappa shape index (κ3) is 4.80. The Balaban J connectivity index is 1.00. The van der Waals surface area contributed by atoms with Crippen molar-refractivity contribution < 1.29 is 23.8 Å². The van der Waals surface area contributed by atoms with E-state index in [2.05, 4.69) is 4.98 Å². The molecule has 1 saturated heterocycles. The number of ether oxygens (including phenoxy) is 3. The number of hydrogen-bond acceptors (Lipinski definition) is 6. The van der Waals surface area contributed by atoms with Gasteiger partial charge in [0.25, 0.3) is 11.8 Å². The first kappa shape index (κ1) is 22.9. The number of nitrogens with zero attached hydrogens (tertiary/aromatic N) is 4. The van der Waals surface area contributed by atoms with Gasteiger partial charge in [-0.15, -0.1) is 0 Å². The molecule has 1 fully saturated rings. The van der Waals surface area contributed by atoms with Crippen molar-refractivity contribution in [1.29, 1.82) is 0 Å². The SMILES string of the molecule is O=C(c1ccc(OCc2cn3ccccc3n2)cc1)N1CCN(C(=O)C2COc3ccccc3O2)CC1. The summed E-state index contributed by atoms with van der Waals surface area (Å²) < 4.78 is 19.3. The number of hydrogen-bond donors (Lipinski definition) is 0. The molecule has 1 atom stereocenters. The number of benzene rings is 2. The van der Waals surface area contributed by atoms with Crippen LogP contribution >= 0.6 is 0 Å². The highest BCUT2D eigenvalue weighted by molar-refractivity contribution is 5.94. The van der Waals surface area contributed by atoms with Gasteiger partial charge in [0.15, 0.2) is 11.5 Å². The molecule has 0 radical (unpaired) electrons. The Hall–Kier alpha value is -4.53. The Morgan fingerprint density at radius 2 is 1.62 bits per heavy atom. The van der Waals surface area contributed by atoms with Gasteiger partial charge in [-0.1, -0.05) is 18.2 Å². The fraction of sp³-hybridized carbons (Fsp3) is 0.250. The van der Waals surface area contributed by atoms with Crippen molar-refractivity contribution in [2.45, 2.75) is 12.7 Å². The summed E-state index contributed by atoms with van der Waals surface area (Å²) in [4.78, 5) is 34.0. The van der Waals surface area contributed by atoms with E-state index in [0.717, 1.165) is 11.3 Å². The van der Waals surface area contributed by atoms with Gasteiger partial charge in [-0.2, -0.15) is 0 Å². The van der Waals surface area contributed by atoms with E-state index in [-0.39, 0.29) is 18.4 Å².